The third kappa shape index (κ3) is 3.71. The number of amides is 1. The molecule has 0 unspecified atom stereocenters. The molecule has 1 amide bonds. The van der Waals surface area contributed by atoms with E-state index in [4.69, 9.17) is 14.9 Å². The SMILES string of the molecule is CC(C)(C)OC(=O)Nc1scc(CO)c1C(=O)O. The van der Waals surface area contributed by atoms with Crippen molar-refractivity contribution in [1.82, 2.24) is 0 Å². The summed E-state index contributed by atoms with van der Waals surface area (Å²) in [5.74, 6) is -1.20. The van der Waals surface area contributed by atoms with Gasteiger partial charge in [-0.05, 0) is 26.2 Å². The summed E-state index contributed by atoms with van der Waals surface area (Å²) in [6.45, 7) is 4.73. The lowest BCUT2D eigenvalue weighted by Gasteiger charge is -2.19. The number of aliphatic hydroxyl groups excluding tert-OH is 1. The third-order valence-corrected chi connectivity index (χ3v) is 2.81. The average molecular weight is 273 g/mol. The standard InChI is InChI=1S/C11H15NO5S/c1-11(2,3)17-10(16)12-8-7(9(14)15)6(4-13)5-18-8/h5,13H,4H2,1-3H3,(H,12,16)(H,14,15). The number of aliphatic hydroxyl groups is 1. The van der Waals surface area contributed by atoms with Crippen molar-refractivity contribution in [2.45, 2.75) is 33.0 Å². The van der Waals surface area contributed by atoms with Crippen LogP contribution in [0.4, 0.5) is 9.80 Å². The molecule has 0 fully saturated rings. The molecule has 0 aliphatic carbocycles. The molecule has 0 aliphatic heterocycles. The maximum atomic E-state index is 11.5. The van der Waals surface area contributed by atoms with Gasteiger partial charge in [0.05, 0.1) is 12.2 Å². The van der Waals surface area contributed by atoms with Crippen LogP contribution in [0.1, 0.15) is 36.7 Å². The number of hydrogen-bond acceptors (Lipinski definition) is 5. The normalized spacial score (nSPS) is 11.1. The highest BCUT2D eigenvalue weighted by molar-refractivity contribution is 7.15. The van der Waals surface area contributed by atoms with Gasteiger partial charge in [-0.15, -0.1) is 11.3 Å². The lowest BCUT2D eigenvalue weighted by atomic mass is 10.2. The molecule has 1 heterocycles. The highest BCUT2D eigenvalue weighted by Crippen LogP contribution is 2.28. The zero-order chi connectivity index (χ0) is 13.9. The summed E-state index contributed by atoms with van der Waals surface area (Å²) in [4.78, 5) is 22.6. The first kappa shape index (κ1) is 14.5. The van der Waals surface area contributed by atoms with Gasteiger partial charge in [-0.2, -0.15) is 0 Å². The van der Waals surface area contributed by atoms with Crippen LogP contribution in [-0.4, -0.2) is 27.9 Å². The highest BCUT2D eigenvalue weighted by atomic mass is 32.1. The maximum Gasteiger partial charge on any atom is 0.412 e. The minimum Gasteiger partial charge on any atom is -0.478 e. The lowest BCUT2D eigenvalue weighted by Crippen LogP contribution is -2.27. The van der Waals surface area contributed by atoms with E-state index in [2.05, 4.69) is 5.32 Å². The van der Waals surface area contributed by atoms with E-state index in [9.17, 15) is 9.59 Å². The smallest absolute Gasteiger partial charge is 0.412 e. The van der Waals surface area contributed by atoms with Gasteiger partial charge in [-0.3, -0.25) is 5.32 Å². The zero-order valence-corrected chi connectivity index (χ0v) is 11.1. The fraction of sp³-hybridized carbons (Fsp3) is 0.455. The Morgan fingerprint density at radius 3 is 2.50 bits per heavy atom. The molecule has 0 radical (unpaired) electrons. The van der Waals surface area contributed by atoms with Crippen molar-refractivity contribution in [3.05, 3.63) is 16.5 Å². The molecule has 0 bridgehead atoms. The number of nitrogens with one attached hydrogen (secondary N) is 1. The number of ether oxygens (including phenoxy) is 1. The van der Waals surface area contributed by atoms with Crippen LogP contribution in [0.2, 0.25) is 0 Å². The largest absolute Gasteiger partial charge is 0.478 e. The number of carbonyl (C=O) groups is 2. The van der Waals surface area contributed by atoms with Crippen LogP contribution in [-0.2, 0) is 11.3 Å². The van der Waals surface area contributed by atoms with E-state index in [0.29, 0.717) is 0 Å². The molecule has 18 heavy (non-hydrogen) atoms. The van der Waals surface area contributed by atoms with E-state index in [1.54, 1.807) is 20.8 Å². The van der Waals surface area contributed by atoms with Crippen LogP contribution < -0.4 is 5.32 Å². The summed E-state index contributed by atoms with van der Waals surface area (Å²) in [7, 11) is 0. The van der Waals surface area contributed by atoms with Gasteiger partial charge in [0.15, 0.2) is 0 Å². The number of carboxylic acids is 1. The number of thiophene rings is 1. The Morgan fingerprint density at radius 2 is 2.06 bits per heavy atom. The van der Waals surface area contributed by atoms with E-state index in [1.165, 1.54) is 5.38 Å². The molecule has 0 aromatic carbocycles. The molecule has 1 aromatic rings. The molecule has 0 aliphatic rings. The van der Waals surface area contributed by atoms with Crippen LogP contribution in [0.3, 0.4) is 0 Å². The van der Waals surface area contributed by atoms with Crippen molar-refractivity contribution in [3.8, 4) is 0 Å². The quantitative estimate of drug-likeness (QED) is 0.785. The zero-order valence-electron chi connectivity index (χ0n) is 10.3. The molecule has 1 aromatic heterocycles. The number of aromatic carboxylic acids is 1. The minimum atomic E-state index is -1.20. The Morgan fingerprint density at radius 1 is 1.44 bits per heavy atom. The predicted molar refractivity (Wildman–Crippen MR) is 67.1 cm³/mol. The fourth-order valence-electron chi connectivity index (χ4n) is 1.23. The first-order valence-corrected chi connectivity index (χ1v) is 6.07. The van der Waals surface area contributed by atoms with Gasteiger partial charge in [0.25, 0.3) is 0 Å². The minimum absolute atomic E-state index is 0.103. The molecule has 100 valence electrons. The van der Waals surface area contributed by atoms with Crippen LogP contribution in [0.25, 0.3) is 0 Å². The van der Waals surface area contributed by atoms with E-state index in [0.717, 1.165) is 11.3 Å². The van der Waals surface area contributed by atoms with E-state index in [1.807, 2.05) is 0 Å². The van der Waals surface area contributed by atoms with Gasteiger partial charge >= 0.3 is 12.1 Å². The molecule has 6 nitrogen and oxygen atoms in total. The Balaban J connectivity index is 2.88. The van der Waals surface area contributed by atoms with Gasteiger partial charge in [0, 0.05) is 5.56 Å². The molecule has 0 atom stereocenters. The summed E-state index contributed by atoms with van der Waals surface area (Å²) in [6, 6.07) is 0. The fourth-order valence-corrected chi connectivity index (χ4v) is 2.16. The van der Waals surface area contributed by atoms with Crippen molar-refractivity contribution in [2.24, 2.45) is 0 Å². The number of carboxylic acid groups (broad SMARTS) is 1. The molecular weight excluding hydrogens is 258 g/mol. The van der Waals surface area contributed by atoms with Crippen molar-refractivity contribution in [2.75, 3.05) is 5.32 Å². The summed E-state index contributed by atoms with van der Waals surface area (Å²) in [5.41, 5.74) is -0.503. The number of anilines is 1. The monoisotopic (exact) mass is 273 g/mol. The van der Waals surface area contributed by atoms with Crippen molar-refractivity contribution in [3.63, 3.8) is 0 Å². The molecule has 0 spiro atoms. The maximum absolute atomic E-state index is 11.5. The molecule has 3 N–H and O–H groups in total. The van der Waals surface area contributed by atoms with Crippen LogP contribution >= 0.6 is 11.3 Å². The van der Waals surface area contributed by atoms with Gasteiger partial charge in [-0.1, -0.05) is 0 Å². The van der Waals surface area contributed by atoms with Crippen molar-refractivity contribution in [1.29, 1.82) is 0 Å². The molecule has 0 saturated heterocycles. The van der Waals surface area contributed by atoms with Crippen molar-refractivity contribution >= 4 is 28.4 Å². The van der Waals surface area contributed by atoms with Gasteiger partial charge in [0.1, 0.15) is 10.6 Å². The summed E-state index contributed by atoms with van der Waals surface area (Å²) in [6.07, 6.45) is -0.726. The lowest BCUT2D eigenvalue weighted by molar-refractivity contribution is 0.0636. The second-order valence-corrected chi connectivity index (χ2v) is 5.43. The number of rotatable bonds is 3. The Bertz CT molecular complexity index is 460. The first-order chi connectivity index (χ1) is 8.24. The third-order valence-electron chi connectivity index (χ3n) is 1.87. The molecule has 7 heteroatoms. The number of hydrogen-bond donors (Lipinski definition) is 3. The summed E-state index contributed by atoms with van der Waals surface area (Å²) < 4.78 is 5.02. The van der Waals surface area contributed by atoms with E-state index < -0.39 is 24.3 Å². The average Bonchev–Trinajstić information content (AvgIpc) is 2.57. The second kappa shape index (κ2) is 5.36. The summed E-state index contributed by atoms with van der Waals surface area (Å²) in [5, 5.41) is 22.0. The first-order valence-electron chi connectivity index (χ1n) is 5.19. The van der Waals surface area contributed by atoms with Crippen LogP contribution in [0, 0.1) is 0 Å². The summed E-state index contributed by atoms with van der Waals surface area (Å²) >= 11 is 1.03. The Kier molecular flexibility index (Phi) is 4.31. The van der Waals surface area contributed by atoms with E-state index >= 15 is 0 Å². The molecular formula is C11H15NO5S. The van der Waals surface area contributed by atoms with Crippen molar-refractivity contribution < 1.29 is 24.5 Å². The predicted octanol–water partition coefficient (Wildman–Crippen LogP) is 2.29. The van der Waals surface area contributed by atoms with Crippen LogP contribution in [0.5, 0.6) is 0 Å². The Hall–Kier alpha value is -1.60. The van der Waals surface area contributed by atoms with E-state index in [-0.39, 0.29) is 16.1 Å². The topological polar surface area (TPSA) is 95.9 Å². The molecule has 0 saturated carbocycles. The van der Waals surface area contributed by atoms with Gasteiger partial charge < -0.3 is 14.9 Å². The molecule has 1 rings (SSSR count). The van der Waals surface area contributed by atoms with Gasteiger partial charge in [0.2, 0.25) is 0 Å². The second-order valence-electron chi connectivity index (χ2n) is 4.56. The number of carbonyl (C=O) groups excluding carboxylic acids is 1. The Labute approximate surface area is 108 Å². The van der Waals surface area contributed by atoms with Crippen LogP contribution in [0.15, 0.2) is 5.38 Å². The highest BCUT2D eigenvalue weighted by Gasteiger charge is 2.22. The van der Waals surface area contributed by atoms with Gasteiger partial charge in [-0.25, -0.2) is 9.59 Å².